The number of allylic oxidation sites excluding steroid dienone is 1. The second kappa shape index (κ2) is 6.46. The zero-order valence-electron chi connectivity index (χ0n) is 14.2. The van der Waals surface area contributed by atoms with E-state index in [1.54, 1.807) is 32.9 Å². The highest BCUT2D eigenvalue weighted by Gasteiger charge is 2.41. The molecule has 1 atom stereocenters. The van der Waals surface area contributed by atoms with Crippen LogP contribution in [-0.2, 0) is 15.1 Å². The number of ether oxygens (including phenoxy) is 1. The molecule has 1 aromatic heterocycles. The van der Waals surface area contributed by atoms with Crippen LogP contribution in [0.4, 0.5) is 4.39 Å². The fourth-order valence-corrected chi connectivity index (χ4v) is 2.85. The lowest BCUT2D eigenvalue weighted by Crippen LogP contribution is -2.43. The normalized spacial score (nSPS) is 20.1. The van der Waals surface area contributed by atoms with E-state index in [9.17, 15) is 9.18 Å². The topological polar surface area (TPSA) is 81.4 Å². The number of hydrogen-bond donors (Lipinski definition) is 1. The van der Waals surface area contributed by atoms with Gasteiger partial charge >= 0.3 is 5.97 Å². The summed E-state index contributed by atoms with van der Waals surface area (Å²) in [5.74, 6) is -0.476. The summed E-state index contributed by atoms with van der Waals surface area (Å²) in [6.45, 7) is 5.51. The fourth-order valence-electron chi connectivity index (χ4n) is 2.85. The Labute approximate surface area is 144 Å². The molecule has 2 aromatic rings. The lowest BCUT2D eigenvalue weighted by atomic mass is 9.82. The molecule has 0 saturated heterocycles. The average Bonchev–Trinajstić information content (AvgIpc) is 3.09. The molecule has 25 heavy (non-hydrogen) atoms. The van der Waals surface area contributed by atoms with Gasteiger partial charge < -0.3 is 10.1 Å². The number of carbonyl (C=O) groups is 1. The predicted octanol–water partition coefficient (Wildman–Crippen LogP) is 1.98. The van der Waals surface area contributed by atoms with Gasteiger partial charge in [0.25, 0.3) is 0 Å². The Morgan fingerprint density at radius 2 is 1.92 bits per heavy atom. The molecule has 2 heterocycles. The molecule has 8 heteroatoms. The minimum Gasteiger partial charge on any atom is -0.463 e. The maximum absolute atomic E-state index is 13.4. The monoisotopic (exact) mass is 343 g/mol. The van der Waals surface area contributed by atoms with Gasteiger partial charge in [-0.2, -0.15) is 10.2 Å². The molecule has 1 N–H and O–H groups in total. The molecule has 0 aliphatic carbocycles. The van der Waals surface area contributed by atoms with Crippen molar-refractivity contribution in [3.8, 4) is 0 Å². The van der Waals surface area contributed by atoms with Gasteiger partial charge in [-0.3, -0.25) is 0 Å². The molecule has 0 bridgehead atoms. The Balaban J connectivity index is 2.16. The Bertz CT molecular complexity index is 842. The van der Waals surface area contributed by atoms with Gasteiger partial charge in [-0.1, -0.05) is 12.1 Å². The van der Waals surface area contributed by atoms with Crippen LogP contribution in [0.1, 0.15) is 26.3 Å². The predicted molar refractivity (Wildman–Crippen MR) is 89.1 cm³/mol. The van der Waals surface area contributed by atoms with Crippen molar-refractivity contribution in [1.82, 2.24) is 20.3 Å². The summed E-state index contributed by atoms with van der Waals surface area (Å²) in [5, 5.41) is 11.2. The zero-order chi connectivity index (χ0) is 18.0. The molecule has 1 aromatic carbocycles. The van der Waals surface area contributed by atoms with Gasteiger partial charge in [0.2, 0.25) is 5.96 Å². The van der Waals surface area contributed by atoms with Crippen LogP contribution >= 0.6 is 0 Å². The Morgan fingerprint density at radius 1 is 1.28 bits per heavy atom. The smallest absolute Gasteiger partial charge is 0.338 e. The third-order valence-electron chi connectivity index (χ3n) is 3.98. The van der Waals surface area contributed by atoms with Gasteiger partial charge in [-0.25, -0.2) is 14.2 Å². The summed E-state index contributed by atoms with van der Waals surface area (Å²) < 4.78 is 18.6. The largest absolute Gasteiger partial charge is 0.463 e. The van der Waals surface area contributed by atoms with Gasteiger partial charge in [0, 0.05) is 5.70 Å². The highest BCUT2D eigenvalue weighted by atomic mass is 19.1. The van der Waals surface area contributed by atoms with Gasteiger partial charge in [-0.15, -0.1) is 4.80 Å². The lowest BCUT2D eigenvalue weighted by Gasteiger charge is -2.33. The van der Waals surface area contributed by atoms with Crippen molar-refractivity contribution >= 4 is 11.9 Å². The second-order valence-electron chi connectivity index (χ2n) is 5.68. The third kappa shape index (κ3) is 3.02. The molecule has 0 radical (unpaired) electrons. The number of carbonyl (C=O) groups excluding carboxylic acids is 1. The Hall–Kier alpha value is -3.03. The third-order valence-corrected chi connectivity index (χ3v) is 3.98. The van der Waals surface area contributed by atoms with Crippen molar-refractivity contribution in [1.29, 1.82) is 0 Å². The molecule has 3 rings (SSSR count). The SMILES string of the molecule is CCOC(=O)C1=C(C)NC(n2nccn2)=N[C@@]1(C)c1ccc(F)cc1. The molecule has 7 nitrogen and oxygen atoms in total. The van der Waals surface area contributed by atoms with E-state index in [1.807, 2.05) is 0 Å². The first kappa shape index (κ1) is 16.8. The first-order valence-corrected chi connectivity index (χ1v) is 7.83. The zero-order valence-corrected chi connectivity index (χ0v) is 14.2. The first-order chi connectivity index (χ1) is 12.0. The van der Waals surface area contributed by atoms with Crippen LogP contribution in [0, 0.1) is 5.82 Å². The van der Waals surface area contributed by atoms with E-state index in [-0.39, 0.29) is 12.4 Å². The number of aliphatic imine (C=N–C) groups is 1. The lowest BCUT2D eigenvalue weighted by molar-refractivity contribution is -0.139. The molecule has 0 saturated carbocycles. The number of benzene rings is 1. The number of nitrogens with zero attached hydrogens (tertiary/aromatic N) is 4. The van der Waals surface area contributed by atoms with E-state index in [1.165, 1.54) is 29.3 Å². The molecular formula is C17H18FN5O2. The fraction of sp³-hybridized carbons (Fsp3) is 0.294. The summed E-state index contributed by atoms with van der Waals surface area (Å²) in [4.78, 5) is 18.5. The average molecular weight is 343 g/mol. The van der Waals surface area contributed by atoms with Crippen molar-refractivity contribution in [3.63, 3.8) is 0 Å². The number of esters is 1. The van der Waals surface area contributed by atoms with Gasteiger partial charge in [0.1, 0.15) is 11.4 Å². The minimum atomic E-state index is -1.07. The van der Waals surface area contributed by atoms with Crippen molar-refractivity contribution in [2.75, 3.05) is 6.61 Å². The van der Waals surface area contributed by atoms with E-state index in [2.05, 4.69) is 20.5 Å². The molecule has 0 fully saturated rings. The van der Waals surface area contributed by atoms with Crippen LogP contribution in [0.2, 0.25) is 0 Å². The number of aromatic nitrogens is 3. The summed E-state index contributed by atoms with van der Waals surface area (Å²) in [5.41, 5.74) is 0.519. The standard InChI is InChI=1S/C17H18FN5O2/c1-4-25-15(24)14-11(2)21-16(23-19-9-10-20-23)22-17(14,3)12-5-7-13(18)8-6-12/h5-10H,4H2,1-3H3,(H,21,22)/t17-/m0/s1. The molecule has 0 amide bonds. The molecule has 1 aliphatic rings. The van der Waals surface area contributed by atoms with Crippen LogP contribution in [0.3, 0.4) is 0 Å². The van der Waals surface area contributed by atoms with Gasteiger partial charge in [0.15, 0.2) is 0 Å². The maximum atomic E-state index is 13.4. The van der Waals surface area contributed by atoms with Gasteiger partial charge in [0.05, 0.1) is 24.6 Å². The summed E-state index contributed by atoms with van der Waals surface area (Å²) in [7, 11) is 0. The summed E-state index contributed by atoms with van der Waals surface area (Å²) in [6, 6.07) is 5.87. The molecular weight excluding hydrogens is 325 g/mol. The molecule has 0 spiro atoms. The Kier molecular flexibility index (Phi) is 4.35. The van der Waals surface area contributed by atoms with Gasteiger partial charge in [-0.05, 0) is 38.5 Å². The Morgan fingerprint density at radius 3 is 2.52 bits per heavy atom. The maximum Gasteiger partial charge on any atom is 0.338 e. The van der Waals surface area contributed by atoms with Crippen molar-refractivity contribution < 1.29 is 13.9 Å². The molecule has 130 valence electrons. The first-order valence-electron chi connectivity index (χ1n) is 7.83. The molecule has 1 aliphatic heterocycles. The van der Waals surface area contributed by atoms with Crippen LogP contribution in [0.5, 0.6) is 0 Å². The van der Waals surface area contributed by atoms with Crippen molar-refractivity contribution in [2.45, 2.75) is 26.3 Å². The number of halogens is 1. The van der Waals surface area contributed by atoms with Crippen LogP contribution < -0.4 is 5.32 Å². The minimum absolute atomic E-state index is 0.242. The van der Waals surface area contributed by atoms with E-state index in [0.29, 0.717) is 22.8 Å². The number of rotatable bonds is 3. The van der Waals surface area contributed by atoms with Crippen LogP contribution in [-0.4, -0.2) is 33.5 Å². The van der Waals surface area contributed by atoms with E-state index in [4.69, 9.17) is 4.74 Å². The van der Waals surface area contributed by atoms with E-state index < -0.39 is 11.5 Å². The van der Waals surface area contributed by atoms with Crippen LogP contribution in [0.15, 0.2) is 52.9 Å². The quantitative estimate of drug-likeness (QED) is 0.862. The number of nitrogens with one attached hydrogen (secondary N) is 1. The van der Waals surface area contributed by atoms with Crippen molar-refractivity contribution in [3.05, 3.63) is 59.3 Å². The van der Waals surface area contributed by atoms with Crippen molar-refractivity contribution in [2.24, 2.45) is 4.99 Å². The van der Waals surface area contributed by atoms with Crippen LogP contribution in [0.25, 0.3) is 0 Å². The second-order valence-corrected chi connectivity index (χ2v) is 5.68. The number of hydrogen-bond acceptors (Lipinski definition) is 6. The molecule has 0 unspecified atom stereocenters. The van der Waals surface area contributed by atoms with E-state index >= 15 is 0 Å². The highest BCUT2D eigenvalue weighted by Crippen LogP contribution is 2.38. The highest BCUT2D eigenvalue weighted by molar-refractivity contribution is 5.96. The summed E-state index contributed by atoms with van der Waals surface area (Å²) >= 11 is 0. The van der Waals surface area contributed by atoms with E-state index in [0.717, 1.165) is 0 Å². The summed E-state index contributed by atoms with van der Waals surface area (Å²) in [6.07, 6.45) is 3.05.